The predicted molar refractivity (Wildman–Crippen MR) is 76.3 cm³/mol. The number of carbonyl (C=O) groups excluding carboxylic acids is 1. The molecular weight excluding hydrogens is 264 g/mol. The summed E-state index contributed by atoms with van der Waals surface area (Å²) in [4.78, 5) is 12.1. The van der Waals surface area contributed by atoms with Gasteiger partial charge in [0.25, 0.3) is 0 Å². The van der Waals surface area contributed by atoms with Crippen LogP contribution in [0.25, 0.3) is 0 Å². The first-order chi connectivity index (χ1) is 8.90. The van der Waals surface area contributed by atoms with Crippen LogP contribution >= 0.6 is 0 Å². The topological polar surface area (TPSA) is 66.5 Å². The quantitative estimate of drug-likeness (QED) is 0.803. The van der Waals surface area contributed by atoms with Crippen LogP contribution in [-0.2, 0) is 14.8 Å². The molecule has 112 valence electrons. The zero-order chi connectivity index (χ0) is 14.5. The Kier molecular flexibility index (Phi) is 6.26. The Labute approximate surface area is 116 Å². The maximum Gasteiger partial charge on any atom is 0.224 e. The lowest BCUT2D eigenvalue weighted by atomic mass is 9.98. The molecule has 2 atom stereocenters. The minimum absolute atomic E-state index is 0.00857. The van der Waals surface area contributed by atoms with E-state index in [0.717, 1.165) is 19.3 Å². The van der Waals surface area contributed by atoms with Crippen molar-refractivity contribution in [2.45, 2.75) is 52.5 Å². The molecule has 1 amide bonds. The summed E-state index contributed by atoms with van der Waals surface area (Å²) in [6, 6.07) is 0.148. The summed E-state index contributed by atoms with van der Waals surface area (Å²) in [5.41, 5.74) is 0. The average molecular weight is 290 g/mol. The van der Waals surface area contributed by atoms with Crippen LogP contribution in [0.2, 0.25) is 0 Å². The molecule has 1 aliphatic heterocycles. The summed E-state index contributed by atoms with van der Waals surface area (Å²) < 4.78 is 25.5. The fourth-order valence-corrected chi connectivity index (χ4v) is 3.85. The van der Waals surface area contributed by atoms with Crippen LogP contribution in [-0.4, -0.2) is 43.5 Å². The molecule has 1 aliphatic rings. The van der Waals surface area contributed by atoms with Gasteiger partial charge >= 0.3 is 0 Å². The van der Waals surface area contributed by atoms with Crippen LogP contribution in [0.4, 0.5) is 0 Å². The van der Waals surface area contributed by atoms with Crippen LogP contribution in [0.3, 0.4) is 0 Å². The normalized spacial score (nSPS) is 23.0. The second-order valence-corrected chi connectivity index (χ2v) is 7.42. The van der Waals surface area contributed by atoms with E-state index in [-0.39, 0.29) is 23.6 Å². The molecule has 0 radical (unpaired) electrons. The molecule has 0 aromatic carbocycles. The highest BCUT2D eigenvalue weighted by Gasteiger charge is 2.31. The van der Waals surface area contributed by atoms with E-state index in [0.29, 0.717) is 19.5 Å². The SMILES string of the molecule is CCCS(=O)(=O)N1CCC[C@@H](C(=O)N[C@@H](C)CC)C1. The van der Waals surface area contributed by atoms with Crippen molar-refractivity contribution < 1.29 is 13.2 Å². The second kappa shape index (κ2) is 7.24. The number of hydrogen-bond donors (Lipinski definition) is 1. The molecule has 0 aromatic heterocycles. The molecule has 1 fully saturated rings. The van der Waals surface area contributed by atoms with Crippen LogP contribution < -0.4 is 5.32 Å². The Hall–Kier alpha value is -0.620. The molecule has 0 bridgehead atoms. The summed E-state index contributed by atoms with van der Waals surface area (Å²) in [5, 5.41) is 2.94. The summed E-state index contributed by atoms with van der Waals surface area (Å²) in [6.45, 7) is 6.73. The molecule has 0 saturated carbocycles. The molecule has 5 nitrogen and oxygen atoms in total. The zero-order valence-corrected chi connectivity index (χ0v) is 13.0. The van der Waals surface area contributed by atoms with Gasteiger partial charge in [0.1, 0.15) is 0 Å². The highest BCUT2D eigenvalue weighted by Crippen LogP contribution is 2.20. The minimum Gasteiger partial charge on any atom is -0.353 e. The Bertz CT molecular complexity index is 395. The third-order valence-corrected chi connectivity index (χ3v) is 5.65. The number of piperidine rings is 1. The van der Waals surface area contributed by atoms with E-state index in [9.17, 15) is 13.2 Å². The lowest BCUT2D eigenvalue weighted by Crippen LogP contribution is -2.47. The number of carbonyl (C=O) groups is 1. The van der Waals surface area contributed by atoms with Gasteiger partial charge in [0.15, 0.2) is 0 Å². The van der Waals surface area contributed by atoms with Crippen molar-refractivity contribution in [1.82, 2.24) is 9.62 Å². The maximum absolute atomic E-state index is 12.1. The minimum atomic E-state index is -3.18. The monoisotopic (exact) mass is 290 g/mol. The van der Waals surface area contributed by atoms with Gasteiger partial charge in [0.05, 0.1) is 11.7 Å². The van der Waals surface area contributed by atoms with Gasteiger partial charge in [-0.3, -0.25) is 4.79 Å². The maximum atomic E-state index is 12.1. The van der Waals surface area contributed by atoms with Crippen LogP contribution in [0, 0.1) is 5.92 Å². The van der Waals surface area contributed by atoms with Crippen molar-refractivity contribution in [2.75, 3.05) is 18.8 Å². The predicted octanol–water partition coefficient (Wildman–Crippen LogP) is 1.35. The average Bonchev–Trinajstić information content (AvgIpc) is 2.38. The number of amides is 1. The molecule has 19 heavy (non-hydrogen) atoms. The molecule has 0 unspecified atom stereocenters. The van der Waals surface area contributed by atoms with Gasteiger partial charge in [-0.1, -0.05) is 13.8 Å². The Morgan fingerprint density at radius 3 is 2.68 bits per heavy atom. The van der Waals surface area contributed by atoms with Gasteiger partial charge in [-0.15, -0.1) is 0 Å². The molecule has 1 heterocycles. The molecule has 1 N–H and O–H groups in total. The Balaban J connectivity index is 2.62. The van der Waals surface area contributed by atoms with Gasteiger partial charge in [0.2, 0.25) is 15.9 Å². The smallest absolute Gasteiger partial charge is 0.224 e. The number of sulfonamides is 1. The molecule has 0 aliphatic carbocycles. The fourth-order valence-electron chi connectivity index (χ4n) is 2.26. The van der Waals surface area contributed by atoms with Gasteiger partial charge in [0, 0.05) is 19.1 Å². The van der Waals surface area contributed by atoms with E-state index in [4.69, 9.17) is 0 Å². The second-order valence-electron chi connectivity index (χ2n) is 5.33. The van der Waals surface area contributed by atoms with Crippen molar-refractivity contribution in [1.29, 1.82) is 0 Å². The largest absolute Gasteiger partial charge is 0.353 e. The molecule has 0 spiro atoms. The number of nitrogens with one attached hydrogen (secondary N) is 1. The van der Waals surface area contributed by atoms with Crippen LogP contribution in [0.5, 0.6) is 0 Å². The van der Waals surface area contributed by atoms with Crippen molar-refractivity contribution in [3.8, 4) is 0 Å². The first kappa shape index (κ1) is 16.4. The summed E-state index contributed by atoms with van der Waals surface area (Å²) in [7, 11) is -3.18. The first-order valence-corrected chi connectivity index (χ1v) is 8.79. The van der Waals surface area contributed by atoms with Crippen molar-refractivity contribution >= 4 is 15.9 Å². The molecule has 6 heteroatoms. The summed E-state index contributed by atoms with van der Waals surface area (Å²) >= 11 is 0. The number of hydrogen-bond acceptors (Lipinski definition) is 3. The van der Waals surface area contributed by atoms with Crippen molar-refractivity contribution in [3.63, 3.8) is 0 Å². The lowest BCUT2D eigenvalue weighted by Gasteiger charge is -2.31. The highest BCUT2D eigenvalue weighted by atomic mass is 32.2. The van der Waals surface area contributed by atoms with Crippen molar-refractivity contribution in [3.05, 3.63) is 0 Å². The highest BCUT2D eigenvalue weighted by molar-refractivity contribution is 7.89. The molecular formula is C13H26N2O3S. The molecule has 1 rings (SSSR count). The van der Waals surface area contributed by atoms with Crippen LogP contribution in [0.15, 0.2) is 0 Å². The molecule has 1 saturated heterocycles. The fraction of sp³-hybridized carbons (Fsp3) is 0.923. The van der Waals surface area contributed by atoms with Gasteiger partial charge in [-0.2, -0.15) is 0 Å². The summed E-state index contributed by atoms with van der Waals surface area (Å²) in [6.07, 6.45) is 3.04. The van der Waals surface area contributed by atoms with E-state index in [2.05, 4.69) is 5.32 Å². The van der Waals surface area contributed by atoms with E-state index in [1.807, 2.05) is 20.8 Å². The van der Waals surface area contributed by atoms with Gasteiger partial charge in [-0.05, 0) is 32.6 Å². The van der Waals surface area contributed by atoms with E-state index >= 15 is 0 Å². The Morgan fingerprint density at radius 2 is 2.11 bits per heavy atom. The number of rotatable bonds is 6. The van der Waals surface area contributed by atoms with E-state index < -0.39 is 10.0 Å². The lowest BCUT2D eigenvalue weighted by molar-refractivity contribution is -0.126. The van der Waals surface area contributed by atoms with Crippen LogP contribution in [0.1, 0.15) is 46.5 Å². The Morgan fingerprint density at radius 1 is 1.42 bits per heavy atom. The van der Waals surface area contributed by atoms with Gasteiger partial charge in [-0.25, -0.2) is 12.7 Å². The first-order valence-electron chi connectivity index (χ1n) is 7.18. The third kappa shape index (κ3) is 4.76. The number of nitrogens with zero attached hydrogens (tertiary/aromatic N) is 1. The van der Waals surface area contributed by atoms with E-state index in [1.54, 1.807) is 0 Å². The van der Waals surface area contributed by atoms with E-state index in [1.165, 1.54) is 4.31 Å². The van der Waals surface area contributed by atoms with Crippen molar-refractivity contribution in [2.24, 2.45) is 5.92 Å². The van der Waals surface area contributed by atoms with Gasteiger partial charge < -0.3 is 5.32 Å². The summed E-state index contributed by atoms with van der Waals surface area (Å²) in [5.74, 6) is -0.0349. The molecule has 0 aromatic rings. The third-order valence-electron chi connectivity index (χ3n) is 3.61. The zero-order valence-electron chi connectivity index (χ0n) is 12.2. The standard InChI is InChI=1S/C13H26N2O3S/c1-4-9-19(17,18)15-8-6-7-12(10-15)13(16)14-11(3)5-2/h11-12H,4-10H2,1-3H3,(H,14,16)/t11-,12+/m0/s1.